The Morgan fingerprint density at radius 1 is 0.947 bits per heavy atom. The van der Waals surface area contributed by atoms with Gasteiger partial charge in [-0.3, -0.25) is 19.7 Å². The molecule has 38 heavy (non-hydrogen) atoms. The highest BCUT2D eigenvalue weighted by atomic mass is 32.2. The average Bonchev–Trinajstić information content (AvgIpc) is 2.86. The second-order valence-electron chi connectivity index (χ2n) is 10.4. The van der Waals surface area contributed by atoms with Gasteiger partial charge in [-0.2, -0.15) is 0 Å². The molecule has 0 spiro atoms. The van der Waals surface area contributed by atoms with Crippen LogP contribution in [0.3, 0.4) is 0 Å². The SMILES string of the molecule is Cc1cccc(CN(C(=O)CSCc2ccc([N+](=O)[O-])cc2)C(Cc2ccccc2)C(=O)NC(C)(C)C)c1. The molecule has 0 saturated carbocycles. The maximum absolute atomic E-state index is 13.7. The predicted octanol–water partition coefficient (Wildman–Crippen LogP) is 5.69. The minimum atomic E-state index is -0.690. The Morgan fingerprint density at radius 2 is 1.61 bits per heavy atom. The number of hydrogen-bond acceptors (Lipinski definition) is 5. The Bertz CT molecular complexity index is 1240. The molecule has 2 amide bonds. The number of carbonyl (C=O) groups excluding carboxylic acids is 2. The summed E-state index contributed by atoms with van der Waals surface area (Å²) in [5, 5.41) is 14.0. The lowest BCUT2D eigenvalue weighted by Gasteiger charge is -2.34. The van der Waals surface area contributed by atoms with Gasteiger partial charge >= 0.3 is 0 Å². The lowest BCUT2D eigenvalue weighted by molar-refractivity contribution is -0.384. The highest BCUT2D eigenvalue weighted by Crippen LogP contribution is 2.21. The van der Waals surface area contributed by atoms with Crippen molar-refractivity contribution in [2.75, 3.05) is 5.75 Å². The number of nitrogens with one attached hydrogen (secondary N) is 1. The van der Waals surface area contributed by atoms with Gasteiger partial charge in [0.2, 0.25) is 11.8 Å². The molecule has 0 saturated heterocycles. The molecule has 0 aromatic heterocycles. The topological polar surface area (TPSA) is 92.6 Å². The molecule has 1 atom stereocenters. The Hall–Kier alpha value is -3.65. The third kappa shape index (κ3) is 9.03. The second kappa shape index (κ2) is 13.2. The lowest BCUT2D eigenvalue weighted by atomic mass is 10.0. The predicted molar refractivity (Wildman–Crippen MR) is 153 cm³/mol. The molecule has 0 heterocycles. The van der Waals surface area contributed by atoms with Gasteiger partial charge in [0.15, 0.2) is 0 Å². The van der Waals surface area contributed by atoms with Crippen molar-refractivity contribution in [1.82, 2.24) is 10.2 Å². The fraction of sp³-hybridized carbons (Fsp3) is 0.333. The van der Waals surface area contributed by atoms with Crippen LogP contribution in [0.2, 0.25) is 0 Å². The van der Waals surface area contributed by atoms with Crippen LogP contribution in [-0.2, 0) is 28.3 Å². The molecule has 3 aromatic carbocycles. The van der Waals surface area contributed by atoms with Crippen molar-refractivity contribution in [2.45, 2.75) is 58.0 Å². The molecule has 3 rings (SSSR count). The fourth-order valence-corrected chi connectivity index (χ4v) is 4.94. The molecule has 8 heteroatoms. The molecule has 1 unspecified atom stereocenters. The van der Waals surface area contributed by atoms with E-state index >= 15 is 0 Å². The number of nitro benzene ring substituents is 1. The zero-order chi connectivity index (χ0) is 27.7. The van der Waals surface area contributed by atoms with Crippen LogP contribution in [0.15, 0.2) is 78.9 Å². The van der Waals surface area contributed by atoms with Gasteiger partial charge in [-0.25, -0.2) is 0 Å². The molecule has 0 aliphatic carbocycles. The van der Waals surface area contributed by atoms with Crippen LogP contribution in [0.4, 0.5) is 5.69 Å². The number of aryl methyl sites for hydroxylation is 1. The van der Waals surface area contributed by atoms with Crippen molar-refractivity contribution in [3.8, 4) is 0 Å². The number of carbonyl (C=O) groups is 2. The van der Waals surface area contributed by atoms with E-state index in [-0.39, 0.29) is 23.3 Å². The quantitative estimate of drug-likeness (QED) is 0.252. The number of nitro groups is 1. The summed E-state index contributed by atoms with van der Waals surface area (Å²) in [4.78, 5) is 39.5. The summed E-state index contributed by atoms with van der Waals surface area (Å²) in [6.45, 7) is 8.10. The summed E-state index contributed by atoms with van der Waals surface area (Å²) in [5.74, 6) is 0.377. The zero-order valence-electron chi connectivity index (χ0n) is 22.3. The zero-order valence-corrected chi connectivity index (χ0v) is 23.2. The summed E-state index contributed by atoms with van der Waals surface area (Å²) in [6, 6.07) is 23.3. The van der Waals surface area contributed by atoms with Crippen LogP contribution < -0.4 is 5.32 Å². The van der Waals surface area contributed by atoms with Gasteiger partial charge < -0.3 is 10.2 Å². The van der Waals surface area contributed by atoms with Crippen LogP contribution in [0.1, 0.15) is 43.0 Å². The van der Waals surface area contributed by atoms with Gasteiger partial charge in [0.05, 0.1) is 10.7 Å². The van der Waals surface area contributed by atoms with E-state index in [2.05, 4.69) is 5.32 Å². The first-order valence-electron chi connectivity index (χ1n) is 12.5. The first kappa shape index (κ1) is 28.9. The van der Waals surface area contributed by atoms with E-state index in [1.807, 2.05) is 82.3 Å². The molecular weight excluding hydrogens is 498 g/mol. The van der Waals surface area contributed by atoms with Crippen LogP contribution in [0, 0.1) is 17.0 Å². The van der Waals surface area contributed by atoms with Crippen molar-refractivity contribution in [2.24, 2.45) is 0 Å². The normalized spacial score (nSPS) is 12.0. The summed E-state index contributed by atoms with van der Waals surface area (Å²) in [7, 11) is 0. The number of hydrogen-bond donors (Lipinski definition) is 1. The fourth-order valence-electron chi connectivity index (χ4n) is 4.07. The minimum Gasteiger partial charge on any atom is -0.350 e. The molecule has 3 aromatic rings. The van der Waals surface area contributed by atoms with E-state index in [1.54, 1.807) is 17.0 Å². The molecule has 0 aliphatic rings. The Morgan fingerprint density at radius 3 is 2.21 bits per heavy atom. The standard InChI is InChI=1S/C30H35N3O4S/c1-22-9-8-12-25(17-22)19-32(28(34)21-38-20-24-13-15-26(16-14-24)33(36)37)27(29(35)31-30(2,3)4)18-23-10-6-5-7-11-23/h5-17,27H,18-21H2,1-4H3,(H,31,35). The number of amides is 2. The van der Waals surface area contributed by atoms with E-state index in [4.69, 9.17) is 0 Å². The first-order chi connectivity index (χ1) is 18.0. The van der Waals surface area contributed by atoms with Gasteiger partial charge in [-0.15, -0.1) is 11.8 Å². The number of benzene rings is 3. The highest BCUT2D eigenvalue weighted by Gasteiger charge is 2.32. The van der Waals surface area contributed by atoms with Crippen LogP contribution in [0.25, 0.3) is 0 Å². The van der Waals surface area contributed by atoms with Crippen molar-refractivity contribution in [3.05, 3.63) is 111 Å². The molecule has 0 fully saturated rings. The van der Waals surface area contributed by atoms with Crippen LogP contribution in [0.5, 0.6) is 0 Å². The third-order valence-electron chi connectivity index (χ3n) is 5.85. The smallest absolute Gasteiger partial charge is 0.269 e. The number of nitrogens with zero attached hydrogens (tertiary/aromatic N) is 2. The number of thioether (sulfide) groups is 1. The van der Waals surface area contributed by atoms with Crippen molar-refractivity contribution >= 4 is 29.3 Å². The Labute approximate surface area is 228 Å². The van der Waals surface area contributed by atoms with Crippen LogP contribution in [-0.4, -0.2) is 39.0 Å². The van der Waals surface area contributed by atoms with Crippen molar-refractivity contribution in [1.29, 1.82) is 0 Å². The largest absolute Gasteiger partial charge is 0.350 e. The minimum absolute atomic E-state index is 0.0350. The van der Waals surface area contributed by atoms with Crippen LogP contribution >= 0.6 is 11.8 Å². The van der Waals surface area contributed by atoms with E-state index in [0.29, 0.717) is 18.7 Å². The van der Waals surface area contributed by atoms with E-state index in [1.165, 1.54) is 23.9 Å². The molecule has 0 aliphatic heterocycles. The summed E-state index contributed by atoms with van der Waals surface area (Å²) < 4.78 is 0. The summed E-state index contributed by atoms with van der Waals surface area (Å²) in [6.07, 6.45) is 0.396. The third-order valence-corrected chi connectivity index (χ3v) is 6.83. The first-order valence-corrected chi connectivity index (χ1v) is 13.7. The lowest BCUT2D eigenvalue weighted by Crippen LogP contribution is -2.54. The van der Waals surface area contributed by atoms with Gasteiger partial charge in [0.25, 0.3) is 5.69 Å². The van der Waals surface area contributed by atoms with E-state index in [0.717, 1.165) is 22.3 Å². The number of non-ortho nitro benzene ring substituents is 1. The van der Waals surface area contributed by atoms with Gasteiger partial charge in [-0.05, 0) is 44.4 Å². The summed E-state index contributed by atoms with van der Waals surface area (Å²) in [5.41, 5.74) is 3.50. The molecule has 1 N–H and O–H groups in total. The molecule has 7 nitrogen and oxygen atoms in total. The average molecular weight is 534 g/mol. The highest BCUT2D eigenvalue weighted by molar-refractivity contribution is 7.99. The van der Waals surface area contributed by atoms with Gasteiger partial charge in [0, 0.05) is 36.4 Å². The second-order valence-corrected chi connectivity index (χ2v) is 11.4. The number of rotatable bonds is 11. The van der Waals surface area contributed by atoms with Gasteiger partial charge in [0.1, 0.15) is 6.04 Å². The Kier molecular flexibility index (Phi) is 10.1. The maximum Gasteiger partial charge on any atom is 0.269 e. The van der Waals surface area contributed by atoms with Gasteiger partial charge in [-0.1, -0.05) is 72.3 Å². The molecular formula is C30H35N3O4S. The monoisotopic (exact) mass is 533 g/mol. The molecule has 200 valence electrons. The molecule has 0 bridgehead atoms. The van der Waals surface area contributed by atoms with E-state index in [9.17, 15) is 19.7 Å². The molecule has 0 radical (unpaired) electrons. The Balaban J connectivity index is 1.84. The van der Waals surface area contributed by atoms with Crippen molar-refractivity contribution < 1.29 is 14.5 Å². The van der Waals surface area contributed by atoms with Crippen molar-refractivity contribution in [3.63, 3.8) is 0 Å². The maximum atomic E-state index is 13.7. The summed E-state index contributed by atoms with van der Waals surface area (Å²) >= 11 is 1.43. The van der Waals surface area contributed by atoms with E-state index < -0.39 is 16.5 Å².